The van der Waals surface area contributed by atoms with Gasteiger partial charge >= 0.3 is 0 Å². The summed E-state index contributed by atoms with van der Waals surface area (Å²) in [6, 6.07) is 1.01. The Morgan fingerprint density at radius 3 is 2.48 bits per heavy atom. The highest BCUT2D eigenvalue weighted by Crippen LogP contribution is 2.32. The molecule has 0 aliphatic heterocycles. The van der Waals surface area contributed by atoms with E-state index in [0.29, 0.717) is 18.6 Å². The zero-order valence-electron chi connectivity index (χ0n) is 14.5. The second-order valence-electron chi connectivity index (χ2n) is 7.32. The molecule has 2 aliphatic carbocycles. The average Bonchev–Trinajstić information content (AvgIpc) is 3.08. The van der Waals surface area contributed by atoms with Crippen LogP contribution in [0.5, 0.6) is 0 Å². The summed E-state index contributed by atoms with van der Waals surface area (Å²) >= 11 is 5.76. The molecule has 3 rings (SSSR count). The standard InChI is InChI=1S/C17H28N4OS/c1-12-13(2)21(15-6-4-5-7-15)17(23)20(12)11-19(3)10-16(22)18-14-8-9-14/h14-15H,4-11H2,1-3H3,(H,18,22)/p+1. The van der Waals surface area contributed by atoms with Crippen LogP contribution in [-0.4, -0.2) is 34.7 Å². The van der Waals surface area contributed by atoms with Gasteiger partial charge in [0.1, 0.15) is 0 Å². The fraction of sp³-hybridized carbons (Fsp3) is 0.765. The van der Waals surface area contributed by atoms with Gasteiger partial charge in [0.05, 0.1) is 7.05 Å². The molecule has 1 aromatic heterocycles. The second kappa shape index (κ2) is 6.77. The summed E-state index contributed by atoms with van der Waals surface area (Å²) in [5.41, 5.74) is 2.53. The third-order valence-corrected chi connectivity index (χ3v) is 5.67. The van der Waals surface area contributed by atoms with Crippen LogP contribution in [0.2, 0.25) is 0 Å². The lowest BCUT2D eigenvalue weighted by Gasteiger charge is -2.16. The van der Waals surface area contributed by atoms with E-state index in [0.717, 1.165) is 24.3 Å². The molecule has 1 unspecified atom stereocenters. The molecule has 0 spiro atoms. The van der Waals surface area contributed by atoms with Crippen molar-refractivity contribution in [3.8, 4) is 0 Å². The van der Waals surface area contributed by atoms with Crippen molar-refractivity contribution in [2.24, 2.45) is 0 Å². The van der Waals surface area contributed by atoms with Crippen LogP contribution in [0.15, 0.2) is 0 Å². The van der Waals surface area contributed by atoms with Gasteiger partial charge in [0.25, 0.3) is 5.91 Å². The number of aromatic nitrogens is 2. The summed E-state index contributed by atoms with van der Waals surface area (Å²) in [6.45, 7) is 5.58. The molecule has 2 N–H and O–H groups in total. The molecule has 2 fully saturated rings. The normalized spacial score (nSPS) is 20.0. The number of likely N-dealkylation sites (N-methyl/N-ethyl adjacent to an activating group) is 1. The third kappa shape index (κ3) is 3.69. The molecular formula is C17H29N4OS+. The average molecular weight is 338 g/mol. The Kier molecular flexibility index (Phi) is 4.92. The van der Waals surface area contributed by atoms with E-state index in [1.165, 1.54) is 42.0 Å². The van der Waals surface area contributed by atoms with Crippen LogP contribution in [-0.2, 0) is 11.5 Å². The predicted octanol–water partition coefficient (Wildman–Crippen LogP) is 1.50. The van der Waals surface area contributed by atoms with Crippen molar-refractivity contribution in [2.45, 2.75) is 71.1 Å². The molecule has 2 aliphatic rings. The fourth-order valence-electron chi connectivity index (χ4n) is 3.67. The van der Waals surface area contributed by atoms with Gasteiger partial charge < -0.3 is 14.8 Å². The number of hydrogen-bond acceptors (Lipinski definition) is 2. The van der Waals surface area contributed by atoms with Gasteiger partial charge in [0.2, 0.25) is 0 Å². The molecule has 0 saturated heterocycles. The van der Waals surface area contributed by atoms with E-state index in [-0.39, 0.29) is 5.91 Å². The Hall–Kier alpha value is -1.14. The first-order valence-electron chi connectivity index (χ1n) is 8.86. The molecule has 6 heteroatoms. The topological polar surface area (TPSA) is 43.4 Å². The summed E-state index contributed by atoms with van der Waals surface area (Å²) in [4.78, 5) is 13.1. The largest absolute Gasteiger partial charge is 0.348 e. The van der Waals surface area contributed by atoms with Crippen LogP contribution < -0.4 is 10.2 Å². The first-order valence-corrected chi connectivity index (χ1v) is 9.27. The van der Waals surface area contributed by atoms with E-state index in [9.17, 15) is 4.79 Å². The molecule has 2 saturated carbocycles. The monoisotopic (exact) mass is 337 g/mol. The predicted molar refractivity (Wildman–Crippen MR) is 93.2 cm³/mol. The van der Waals surface area contributed by atoms with Crippen molar-refractivity contribution in [1.82, 2.24) is 14.5 Å². The van der Waals surface area contributed by atoms with Gasteiger partial charge in [0, 0.05) is 23.5 Å². The van der Waals surface area contributed by atoms with Gasteiger partial charge in [-0.1, -0.05) is 12.8 Å². The van der Waals surface area contributed by atoms with Crippen LogP contribution in [0.4, 0.5) is 0 Å². The smallest absolute Gasteiger partial charge is 0.275 e. The number of nitrogens with one attached hydrogen (secondary N) is 2. The van der Waals surface area contributed by atoms with Crippen LogP contribution in [0.1, 0.15) is 56.0 Å². The first kappa shape index (κ1) is 16.7. The minimum atomic E-state index is 0.154. The van der Waals surface area contributed by atoms with Crippen molar-refractivity contribution < 1.29 is 9.69 Å². The maximum Gasteiger partial charge on any atom is 0.275 e. The number of amides is 1. The highest BCUT2D eigenvalue weighted by Gasteiger charge is 2.26. The van der Waals surface area contributed by atoms with Crippen LogP contribution in [0.25, 0.3) is 0 Å². The van der Waals surface area contributed by atoms with Crippen molar-refractivity contribution in [3.05, 3.63) is 16.2 Å². The van der Waals surface area contributed by atoms with E-state index in [1.54, 1.807) is 0 Å². The highest BCUT2D eigenvalue weighted by atomic mass is 32.1. The van der Waals surface area contributed by atoms with E-state index in [1.807, 2.05) is 0 Å². The van der Waals surface area contributed by atoms with Crippen molar-refractivity contribution >= 4 is 18.1 Å². The Balaban J connectivity index is 1.70. The lowest BCUT2D eigenvalue weighted by molar-refractivity contribution is -0.895. The number of nitrogens with zero attached hydrogens (tertiary/aromatic N) is 2. The summed E-state index contributed by atoms with van der Waals surface area (Å²) in [5.74, 6) is 0.154. The molecule has 0 aromatic carbocycles. The fourth-order valence-corrected chi connectivity index (χ4v) is 4.16. The maximum atomic E-state index is 12.0. The summed E-state index contributed by atoms with van der Waals surface area (Å²) in [6.07, 6.45) is 7.37. The molecule has 5 nitrogen and oxygen atoms in total. The quantitative estimate of drug-likeness (QED) is 0.773. The number of hydrogen-bond donors (Lipinski definition) is 2. The zero-order chi connectivity index (χ0) is 16.6. The van der Waals surface area contributed by atoms with Crippen molar-refractivity contribution in [3.63, 3.8) is 0 Å². The third-order valence-electron chi connectivity index (χ3n) is 5.25. The van der Waals surface area contributed by atoms with E-state index < -0.39 is 0 Å². The lowest BCUT2D eigenvalue weighted by Crippen LogP contribution is -3.09. The van der Waals surface area contributed by atoms with E-state index >= 15 is 0 Å². The van der Waals surface area contributed by atoms with Crippen LogP contribution in [0.3, 0.4) is 0 Å². The van der Waals surface area contributed by atoms with Gasteiger partial charge in [-0.25, -0.2) is 0 Å². The molecule has 128 valence electrons. The molecule has 1 atom stereocenters. The zero-order valence-corrected chi connectivity index (χ0v) is 15.3. The minimum absolute atomic E-state index is 0.154. The van der Waals surface area contributed by atoms with Crippen LogP contribution in [0, 0.1) is 18.6 Å². The Bertz CT molecular complexity index is 638. The highest BCUT2D eigenvalue weighted by molar-refractivity contribution is 7.71. The Morgan fingerprint density at radius 2 is 1.87 bits per heavy atom. The number of imidazole rings is 1. The number of rotatable bonds is 6. The maximum absolute atomic E-state index is 12.0. The van der Waals surface area contributed by atoms with Crippen molar-refractivity contribution in [2.75, 3.05) is 13.6 Å². The molecule has 1 aromatic rings. The van der Waals surface area contributed by atoms with Crippen molar-refractivity contribution in [1.29, 1.82) is 0 Å². The van der Waals surface area contributed by atoms with Gasteiger partial charge in [-0.15, -0.1) is 0 Å². The number of quaternary nitrogens is 1. The first-order chi connectivity index (χ1) is 11.0. The molecule has 23 heavy (non-hydrogen) atoms. The summed E-state index contributed by atoms with van der Waals surface area (Å²) < 4.78 is 5.49. The number of carbonyl (C=O) groups is 1. The molecular weight excluding hydrogens is 308 g/mol. The second-order valence-corrected chi connectivity index (χ2v) is 7.69. The molecule has 1 amide bonds. The van der Waals surface area contributed by atoms with Gasteiger partial charge in [-0.3, -0.25) is 9.36 Å². The van der Waals surface area contributed by atoms with Crippen LogP contribution >= 0.6 is 12.2 Å². The van der Waals surface area contributed by atoms with Gasteiger partial charge in [-0.05, 0) is 51.7 Å². The molecule has 1 heterocycles. The Morgan fingerprint density at radius 1 is 1.22 bits per heavy atom. The lowest BCUT2D eigenvalue weighted by atomic mass is 10.2. The Labute approximate surface area is 143 Å². The minimum Gasteiger partial charge on any atom is -0.348 e. The van der Waals surface area contributed by atoms with E-state index in [4.69, 9.17) is 12.2 Å². The summed E-state index contributed by atoms with van der Waals surface area (Å²) in [5, 5.41) is 3.06. The SMILES string of the molecule is Cc1c(C)n(C2CCCC2)c(=S)n1C[NH+](C)CC(=O)NC1CC1. The molecule has 0 radical (unpaired) electrons. The van der Waals surface area contributed by atoms with Gasteiger partial charge in [-0.2, -0.15) is 0 Å². The van der Waals surface area contributed by atoms with E-state index in [2.05, 4.69) is 35.3 Å². The number of carbonyl (C=O) groups excluding carboxylic acids is 1. The molecule has 0 bridgehead atoms. The summed E-state index contributed by atoms with van der Waals surface area (Å²) in [7, 11) is 2.07. The van der Waals surface area contributed by atoms with Gasteiger partial charge in [0.15, 0.2) is 18.0 Å².